The second-order valence-electron chi connectivity index (χ2n) is 9.18. The molecule has 1 aliphatic carbocycles. The first-order chi connectivity index (χ1) is 18.2. The molecule has 2 aromatic carbocycles. The Hall–Kier alpha value is -4.26. The van der Waals surface area contributed by atoms with Gasteiger partial charge in [0.15, 0.2) is 0 Å². The molecule has 0 radical (unpaired) electrons. The van der Waals surface area contributed by atoms with E-state index in [9.17, 15) is 18.0 Å². The number of ketones is 1. The molecule has 2 N–H and O–H groups in total. The zero-order valence-electron chi connectivity index (χ0n) is 21.2. The van der Waals surface area contributed by atoms with Gasteiger partial charge in [-0.15, -0.1) is 0 Å². The number of pyridine rings is 1. The molecule has 0 unspecified atom stereocenters. The minimum atomic E-state index is -2.98. The van der Waals surface area contributed by atoms with Gasteiger partial charge in [0.25, 0.3) is 5.92 Å². The van der Waals surface area contributed by atoms with Crippen LogP contribution in [-0.4, -0.2) is 16.5 Å². The molecule has 0 saturated carbocycles. The number of benzene rings is 2. The molecule has 0 spiro atoms. The van der Waals surface area contributed by atoms with Gasteiger partial charge in [-0.2, -0.15) is 0 Å². The van der Waals surface area contributed by atoms with Gasteiger partial charge in [0, 0.05) is 47.6 Å². The van der Waals surface area contributed by atoms with Crippen LogP contribution in [0.5, 0.6) is 0 Å². The highest BCUT2D eigenvalue weighted by Crippen LogP contribution is 2.32. The summed E-state index contributed by atoms with van der Waals surface area (Å²) in [5, 5.41) is 12.1. The lowest BCUT2D eigenvalue weighted by atomic mass is 9.90. The summed E-state index contributed by atoms with van der Waals surface area (Å²) in [6.45, 7) is 2.87. The third kappa shape index (κ3) is 6.35. The van der Waals surface area contributed by atoms with E-state index in [0.29, 0.717) is 28.6 Å². The van der Waals surface area contributed by atoms with Crippen molar-refractivity contribution in [2.24, 2.45) is 0 Å². The average molecular weight is 516 g/mol. The van der Waals surface area contributed by atoms with E-state index in [1.807, 2.05) is 12.1 Å². The number of halogens is 3. The number of carbonyl (C=O) groups excluding carboxylic acids is 1. The number of anilines is 1. The van der Waals surface area contributed by atoms with E-state index >= 15 is 0 Å². The van der Waals surface area contributed by atoms with Crippen molar-refractivity contribution in [1.29, 1.82) is 5.41 Å². The fraction of sp³-hybridized carbons (Fsp3) is 0.194. The lowest BCUT2D eigenvalue weighted by Crippen LogP contribution is -2.13. The van der Waals surface area contributed by atoms with E-state index in [1.165, 1.54) is 48.2 Å². The molecule has 0 aliphatic heterocycles. The second kappa shape index (κ2) is 11.4. The maximum Gasteiger partial charge on any atom is 0.270 e. The molecule has 7 heteroatoms. The predicted molar refractivity (Wildman–Crippen MR) is 147 cm³/mol. The Morgan fingerprint density at radius 3 is 2.71 bits per heavy atom. The van der Waals surface area contributed by atoms with Gasteiger partial charge in [-0.25, -0.2) is 13.2 Å². The summed E-state index contributed by atoms with van der Waals surface area (Å²) in [4.78, 5) is 17.2. The molecule has 3 aromatic rings. The summed E-state index contributed by atoms with van der Waals surface area (Å²) in [6.07, 6.45) is 12.0. The smallest absolute Gasteiger partial charge is 0.270 e. The zero-order chi connectivity index (χ0) is 27.3. The number of hydrogen-bond acceptors (Lipinski definition) is 4. The average Bonchev–Trinajstić information content (AvgIpc) is 2.88. The van der Waals surface area contributed by atoms with Crippen LogP contribution in [0.15, 0.2) is 96.4 Å². The molecular formula is C31H28F3N3O. The van der Waals surface area contributed by atoms with Gasteiger partial charge in [-0.05, 0) is 72.9 Å². The van der Waals surface area contributed by atoms with Crippen LogP contribution in [0.25, 0.3) is 16.5 Å². The molecule has 0 atom stereocenters. The van der Waals surface area contributed by atoms with Gasteiger partial charge in [-0.3, -0.25) is 15.2 Å². The molecular weight excluding hydrogens is 487 g/mol. The standard InChI is InChI=1S/C31H28F3N3O/c1-3-20-7-9-21(26-13-15-37-28-12-11-24(32)19-27(26)28)17-22(10-8-20)30(35)29(38)14-16-36-25-6-4-5-23(18-25)31(2,33)34/h4-6,8,10-19,35-36H,3,7,9H2,1-2H3/b16-14-,20-8?,21-17-,22-10+,35-30?. The van der Waals surface area contributed by atoms with Crippen LogP contribution in [0.2, 0.25) is 0 Å². The molecule has 0 bridgehead atoms. The van der Waals surface area contributed by atoms with Crippen molar-refractivity contribution in [1.82, 2.24) is 4.98 Å². The monoisotopic (exact) mass is 515 g/mol. The second-order valence-corrected chi connectivity index (χ2v) is 9.18. The van der Waals surface area contributed by atoms with Crippen molar-refractivity contribution in [2.45, 2.75) is 39.0 Å². The van der Waals surface area contributed by atoms with E-state index in [1.54, 1.807) is 30.5 Å². The predicted octanol–water partition coefficient (Wildman–Crippen LogP) is 8.14. The van der Waals surface area contributed by atoms with E-state index in [2.05, 4.69) is 17.2 Å². The number of hydrogen-bond donors (Lipinski definition) is 2. The molecule has 1 heterocycles. The molecule has 0 saturated heterocycles. The highest BCUT2D eigenvalue weighted by molar-refractivity contribution is 6.49. The zero-order valence-corrected chi connectivity index (χ0v) is 21.2. The number of allylic oxidation sites excluding steroid dienone is 7. The van der Waals surface area contributed by atoms with Crippen LogP contribution < -0.4 is 5.32 Å². The molecule has 4 nitrogen and oxygen atoms in total. The summed E-state index contributed by atoms with van der Waals surface area (Å²) in [7, 11) is 0. The van der Waals surface area contributed by atoms with Crippen LogP contribution >= 0.6 is 0 Å². The molecule has 1 aliphatic rings. The Morgan fingerprint density at radius 1 is 1.13 bits per heavy atom. The first-order valence-electron chi connectivity index (χ1n) is 12.4. The largest absolute Gasteiger partial charge is 0.362 e. The number of aromatic nitrogens is 1. The fourth-order valence-corrected chi connectivity index (χ4v) is 4.28. The Morgan fingerprint density at radius 2 is 1.95 bits per heavy atom. The van der Waals surface area contributed by atoms with Crippen molar-refractivity contribution in [3.8, 4) is 0 Å². The Balaban J connectivity index is 1.61. The topological polar surface area (TPSA) is 65.8 Å². The van der Waals surface area contributed by atoms with Crippen molar-refractivity contribution < 1.29 is 18.0 Å². The molecule has 38 heavy (non-hydrogen) atoms. The van der Waals surface area contributed by atoms with Gasteiger partial charge in [0.1, 0.15) is 11.5 Å². The highest BCUT2D eigenvalue weighted by Gasteiger charge is 2.24. The van der Waals surface area contributed by atoms with Crippen molar-refractivity contribution in [3.63, 3.8) is 0 Å². The number of carbonyl (C=O) groups is 1. The Kier molecular flexibility index (Phi) is 8.05. The summed E-state index contributed by atoms with van der Waals surface area (Å²) in [5.41, 5.74) is 3.99. The molecule has 0 amide bonds. The normalized spacial score (nSPS) is 17.1. The SMILES string of the molecule is CCC1=C/C=C(C(=N)C(=O)/C=C\Nc2cccc(C(C)(F)F)c2)\C=C(/c2ccnc3ccc(F)cc23)CC1. The first-order valence-corrected chi connectivity index (χ1v) is 12.4. The summed E-state index contributed by atoms with van der Waals surface area (Å²) in [5.74, 6) is -3.89. The third-order valence-electron chi connectivity index (χ3n) is 6.44. The lowest BCUT2D eigenvalue weighted by molar-refractivity contribution is -0.108. The van der Waals surface area contributed by atoms with Crippen LogP contribution in [0, 0.1) is 11.2 Å². The minimum absolute atomic E-state index is 0.144. The van der Waals surface area contributed by atoms with Gasteiger partial charge >= 0.3 is 0 Å². The fourth-order valence-electron chi connectivity index (χ4n) is 4.28. The van der Waals surface area contributed by atoms with Crippen LogP contribution in [0.4, 0.5) is 18.9 Å². The maximum absolute atomic E-state index is 14.1. The molecule has 0 fully saturated rings. The summed E-state index contributed by atoms with van der Waals surface area (Å²) < 4.78 is 41.3. The van der Waals surface area contributed by atoms with Crippen LogP contribution in [0.3, 0.4) is 0 Å². The van der Waals surface area contributed by atoms with E-state index in [4.69, 9.17) is 5.41 Å². The number of fused-ring (bicyclic) bond motifs is 1. The molecule has 194 valence electrons. The number of nitrogens with one attached hydrogen (secondary N) is 2. The number of nitrogens with zero attached hydrogens (tertiary/aromatic N) is 1. The van der Waals surface area contributed by atoms with Crippen molar-refractivity contribution >= 4 is 33.7 Å². The quantitative estimate of drug-likeness (QED) is 0.235. The minimum Gasteiger partial charge on any atom is -0.362 e. The number of alkyl halides is 2. The third-order valence-corrected chi connectivity index (χ3v) is 6.44. The van der Waals surface area contributed by atoms with Crippen LogP contribution in [-0.2, 0) is 10.7 Å². The first kappa shape index (κ1) is 26.8. The molecule has 4 rings (SSSR count). The summed E-state index contributed by atoms with van der Waals surface area (Å²) >= 11 is 0. The van der Waals surface area contributed by atoms with Gasteiger partial charge < -0.3 is 5.32 Å². The van der Waals surface area contributed by atoms with Gasteiger partial charge in [0.2, 0.25) is 5.78 Å². The van der Waals surface area contributed by atoms with Gasteiger partial charge in [-0.1, -0.05) is 36.8 Å². The van der Waals surface area contributed by atoms with Crippen molar-refractivity contribution in [2.75, 3.05) is 5.32 Å². The Labute approximate surface area is 219 Å². The summed E-state index contributed by atoms with van der Waals surface area (Å²) in [6, 6.07) is 12.0. The van der Waals surface area contributed by atoms with Gasteiger partial charge in [0.05, 0.1) is 5.52 Å². The van der Waals surface area contributed by atoms with E-state index in [-0.39, 0.29) is 17.1 Å². The molecule has 1 aromatic heterocycles. The lowest BCUT2D eigenvalue weighted by Gasteiger charge is -2.16. The van der Waals surface area contributed by atoms with E-state index < -0.39 is 11.7 Å². The highest BCUT2D eigenvalue weighted by atomic mass is 19.3. The van der Waals surface area contributed by atoms with Crippen LogP contribution in [0.1, 0.15) is 44.2 Å². The maximum atomic E-state index is 14.1. The number of rotatable bonds is 8. The van der Waals surface area contributed by atoms with E-state index in [0.717, 1.165) is 30.9 Å². The van der Waals surface area contributed by atoms with Crippen molar-refractivity contribution in [3.05, 3.63) is 113 Å². The Bertz CT molecular complexity index is 1510.